The van der Waals surface area contributed by atoms with Crippen molar-refractivity contribution in [3.8, 4) is 11.3 Å². The summed E-state index contributed by atoms with van der Waals surface area (Å²) in [5, 5.41) is 4.34. The molecule has 4 N–H and O–H groups in total. The first-order valence-corrected chi connectivity index (χ1v) is 8.67. The Morgan fingerprint density at radius 3 is 2.67 bits per heavy atom. The van der Waals surface area contributed by atoms with Gasteiger partial charge in [-0.15, -0.1) is 0 Å². The summed E-state index contributed by atoms with van der Waals surface area (Å²) >= 11 is 0. The lowest BCUT2D eigenvalue weighted by atomic mass is 10.1. The quantitative estimate of drug-likeness (QED) is 0.505. The van der Waals surface area contributed by atoms with E-state index < -0.39 is 5.91 Å². The molecule has 0 saturated carbocycles. The van der Waals surface area contributed by atoms with Crippen LogP contribution in [-0.4, -0.2) is 20.9 Å². The first kappa shape index (κ1) is 16.8. The number of nitrogens with zero attached hydrogens (tertiary/aromatic N) is 2. The average Bonchev–Trinajstić information content (AvgIpc) is 3.14. The lowest BCUT2D eigenvalue weighted by Gasteiger charge is -2.15. The maximum absolute atomic E-state index is 11.4. The van der Waals surface area contributed by atoms with Gasteiger partial charge in [0, 0.05) is 17.3 Å². The number of amides is 1. The van der Waals surface area contributed by atoms with E-state index in [1.807, 2.05) is 36.4 Å². The average molecular weight is 357 g/mol. The molecule has 1 atom stereocenters. The Hall–Kier alpha value is -3.67. The highest BCUT2D eigenvalue weighted by atomic mass is 16.1. The van der Waals surface area contributed by atoms with Gasteiger partial charge in [-0.2, -0.15) is 0 Å². The zero-order chi connectivity index (χ0) is 18.8. The maximum atomic E-state index is 11.4. The van der Waals surface area contributed by atoms with Gasteiger partial charge < -0.3 is 16.0 Å². The van der Waals surface area contributed by atoms with Crippen molar-refractivity contribution in [1.82, 2.24) is 15.0 Å². The van der Waals surface area contributed by atoms with Crippen molar-refractivity contribution in [2.24, 2.45) is 5.73 Å². The molecule has 2 heterocycles. The molecular weight excluding hydrogens is 338 g/mol. The van der Waals surface area contributed by atoms with E-state index in [1.165, 1.54) is 11.9 Å². The number of hydrogen-bond acceptors (Lipinski definition) is 4. The van der Waals surface area contributed by atoms with Gasteiger partial charge in [-0.25, -0.2) is 9.97 Å². The molecule has 4 rings (SSSR count). The number of hydrogen-bond donors (Lipinski definition) is 3. The minimum Gasteiger partial charge on any atom is -0.366 e. The molecule has 0 unspecified atom stereocenters. The van der Waals surface area contributed by atoms with Gasteiger partial charge in [0.2, 0.25) is 5.91 Å². The normalized spacial score (nSPS) is 12.0. The van der Waals surface area contributed by atoms with Gasteiger partial charge in [-0.1, -0.05) is 42.5 Å². The molecule has 0 radical (unpaired) electrons. The summed E-state index contributed by atoms with van der Waals surface area (Å²) in [4.78, 5) is 23.5. The third kappa shape index (κ3) is 3.37. The molecule has 134 valence electrons. The molecule has 1 amide bonds. The highest BCUT2D eigenvalue weighted by molar-refractivity contribution is 5.95. The molecular formula is C21H19N5O. The van der Waals surface area contributed by atoms with Gasteiger partial charge in [0.1, 0.15) is 17.8 Å². The number of aromatic amines is 1. The molecule has 0 spiro atoms. The Labute approximate surface area is 156 Å². The van der Waals surface area contributed by atoms with Crippen molar-refractivity contribution < 1.29 is 4.79 Å². The summed E-state index contributed by atoms with van der Waals surface area (Å²) in [6.07, 6.45) is 1.53. The van der Waals surface area contributed by atoms with Gasteiger partial charge in [-0.05, 0) is 36.2 Å². The number of aromatic nitrogens is 3. The minimum atomic E-state index is -0.452. The monoisotopic (exact) mass is 357 g/mol. The molecule has 0 aliphatic carbocycles. The maximum Gasteiger partial charge on any atom is 0.248 e. The van der Waals surface area contributed by atoms with Crippen LogP contribution in [0.5, 0.6) is 0 Å². The van der Waals surface area contributed by atoms with Crippen molar-refractivity contribution in [2.45, 2.75) is 13.0 Å². The molecule has 6 heteroatoms. The predicted molar refractivity (Wildman–Crippen MR) is 106 cm³/mol. The summed E-state index contributed by atoms with van der Waals surface area (Å²) in [5.41, 5.74) is 9.48. The second-order valence-corrected chi connectivity index (χ2v) is 6.39. The Morgan fingerprint density at radius 1 is 1.07 bits per heavy atom. The van der Waals surface area contributed by atoms with E-state index in [0.717, 1.165) is 28.1 Å². The molecule has 0 saturated heterocycles. The predicted octanol–water partition coefficient (Wildman–Crippen LogP) is 3.90. The molecule has 0 aliphatic heterocycles. The molecule has 2 aromatic carbocycles. The summed E-state index contributed by atoms with van der Waals surface area (Å²) in [5.74, 6) is 0.303. The number of H-pyrrole nitrogens is 1. The second-order valence-electron chi connectivity index (χ2n) is 6.39. The largest absolute Gasteiger partial charge is 0.366 e. The molecule has 4 aromatic rings. The van der Waals surface area contributed by atoms with E-state index in [0.29, 0.717) is 5.56 Å². The number of rotatable bonds is 5. The third-order valence-corrected chi connectivity index (χ3v) is 4.54. The van der Waals surface area contributed by atoms with Gasteiger partial charge >= 0.3 is 0 Å². The van der Waals surface area contributed by atoms with Gasteiger partial charge in [0.25, 0.3) is 0 Å². The second kappa shape index (κ2) is 6.92. The summed E-state index contributed by atoms with van der Waals surface area (Å²) in [6, 6.07) is 19.5. The zero-order valence-electron chi connectivity index (χ0n) is 14.8. The number of primary amides is 1. The topological polar surface area (TPSA) is 96.7 Å². The van der Waals surface area contributed by atoms with E-state index in [1.54, 1.807) is 12.1 Å². The SMILES string of the molecule is C[C@@H](Nc1ncnc2[nH]c(-c3cccc(C(N)=O)c3)cc12)c1ccccc1. The molecule has 0 fully saturated rings. The van der Waals surface area contributed by atoms with Crippen LogP contribution in [0.3, 0.4) is 0 Å². The summed E-state index contributed by atoms with van der Waals surface area (Å²) in [7, 11) is 0. The number of benzene rings is 2. The van der Waals surface area contributed by atoms with Crippen LogP contribution in [0.1, 0.15) is 28.9 Å². The fourth-order valence-corrected chi connectivity index (χ4v) is 3.08. The smallest absolute Gasteiger partial charge is 0.248 e. The summed E-state index contributed by atoms with van der Waals surface area (Å²) in [6.45, 7) is 2.09. The summed E-state index contributed by atoms with van der Waals surface area (Å²) < 4.78 is 0. The minimum absolute atomic E-state index is 0.0980. The van der Waals surface area contributed by atoms with E-state index in [9.17, 15) is 4.79 Å². The van der Waals surface area contributed by atoms with Crippen LogP contribution < -0.4 is 11.1 Å². The van der Waals surface area contributed by atoms with Gasteiger partial charge in [0.05, 0.1) is 5.39 Å². The van der Waals surface area contributed by atoms with Gasteiger partial charge in [-0.3, -0.25) is 4.79 Å². The highest BCUT2D eigenvalue weighted by Crippen LogP contribution is 2.29. The lowest BCUT2D eigenvalue weighted by molar-refractivity contribution is 0.100. The lowest BCUT2D eigenvalue weighted by Crippen LogP contribution is -2.10. The van der Waals surface area contributed by atoms with Crippen molar-refractivity contribution in [1.29, 1.82) is 0 Å². The number of carbonyl (C=O) groups excluding carboxylic acids is 1. The number of nitrogens with one attached hydrogen (secondary N) is 2. The van der Waals surface area contributed by atoms with Crippen molar-refractivity contribution >= 4 is 22.8 Å². The molecule has 6 nitrogen and oxygen atoms in total. The standard InChI is InChI=1S/C21H19N5O/c1-13(14-6-3-2-4-7-14)25-20-17-11-18(26-21(17)24-12-23-20)15-8-5-9-16(10-15)19(22)27/h2-13H,1H3,(H2,22,27)(H2,23,24,25,26)/t13-/m1/s1. The highest BCUT2D eigenvalue weighted by Gasteiger charge is 2.13. The van der Waals surface area contributed by atoms with Crippen LogP contribution in [0.15, 0.2) is 67.0 Å². The first-order valence-electron chi connectivity index (χ1n) is 8.67. The van der Waals surface area contributed by atoms with Crippen LogP contribution in [0.25, 0.3) is 22.3 Å². The number of nitrogens with two attached hydrogens (primary N) is 1. The van der Waals surface area contributed by atoms with Gasteiger partial charge in [0.15, 0.2) is 0 Å². The number of carbonyl (C=O) groups is 1. The first-order chi connectivity index (χ1) is 13.1. The number of fused-ring (bicyclic) bond motifs is 1. The number of anilines is 1. The Balaban J connectivity index is 1.70. The molecule has 0 bridgehead atoms. The van der Waals surface area contributed by atoms with Crippen LogP contribution in [0, 0.1) is 0 Å². The Morgan fingerprint density at radius 2 is 1.89 bits per heavy atom. The van der Waals surface area contributed by atoms with Crippen LogP contribution in [0.2, 0.25) is 0 Å². The fraction of sp³-hybridized carbons (Fsp3) is 0.0952. The van der Waals surface area contributed by atoms with Crippen LogP contribution in [-0.2, 0) is 0 Å². The van der Waals surface area contributed by atoms with Crippen LogP contribution >= 0.6 is 0 Å². The van der Waals surface area contributed by atoms with E-state index in [2.05, 4.69) is 39.3 Å². The molecule has 0 aliphatic rings. The van der Waals surface area contributed by atoms with E-state index in [4.69, 9.17) is 5.73 Å². The fourth-order valence-electron chi connectivity index (χ4n) is 3.08. The van der Waals surface area contributed by atoms with Crippen LogP contribution in [0.4, 0.5) is 5.82 Å². The van der Waals surface area contributed by atoms with Crippen molar-refractivity contribution in [2.75, 3.05) is 5.32 Å². The third-order valence-electron chi connectivity index (χ3n) is 4.54. The van der Waals surface area contributed by atoms with E-state index >= 15 is 0 Å². The Bertz CT molecular complexity index is 1100. The van der Waals surface area contributed by atoms with Crippen molar-refractivity contribution in [3.63, 3.8) is 0 Å². The zero-order valence-corrected chi connectivity index (χ0v) is 14.8. The molecule has 27 heavy (non-hydrogen) atoms. The molecule has 2 aromatic heterocycles. The van der Waals surface area contributed by atoms with E-state index in [-0.39, 0.29) is 6.04 Å². The van der Waals surface area contributed by atoms with Crippen molar-refractivity contribution in [3.05, 3.63) is 78.1 Å². The Kier molecular flexibility index (Phi) is 4.30.